The molecule has 1 N–H and O–H groups in total. The fourth-order valence-electron chi connectivity index (χ4n) is 2.97. The third-order valence-corrected chi connectivity index (χ3v) is 5.81. The molecular weight excluding hydrogens is 290 g/mol. The molecule has 0 saturated carbocycles. The molecule has 6 heteroatoms. The van der Waals surface area contributed by atoms with Gasteiger partial charge in [0.25, 0.3) is 0 Å². The molecule has 1 amide bonds. The van der Waals surface area contributed by atoms with E-state index in [1.165, 1.54) is 0 Å². The van der Waals surface area contributed by atoms with Crippen molar-refractivity contribution in [2.75, 3.05) is 5.75 Å². The van der Waals surface area contributed by atoms with Crippen LogP contribution in [0.5, 0.6) is 0 Å². The number of fused-ring (bicyclic) bond motifs is 1. The third kappa shape index (κ3) is 3.20. The van der Waals surface area contributed by atoms with E-state index < -0.39 is 21.7 Å². The van der Waals surface area contributed by atoms with Crippen molar-refractivity contribution in [3.05, 3.63) is 35.4 Å². The van der Waals surface area contributed by atoms with Crippen LogP contribution in [0, 0.1) is 0 Å². The maximum absolute atomic E-state index is 12.5. The lowest BCUT2D eigenvalue weighted by molar-refractivity contribution is 0.146. The average Bonchev–Trinajstić information content (AvgIpc) is 2.69. The Labute approximate surface area is 125 Å². The van der Waals surface area contributed by atoms with Gasteiger partial charge in [-0.2, -0.15) is 4.31 Å². The first-order valence-electron chi connectivity index (χ1n) is 6.97. The first-order chi connectivity index (χ1) is 9.63. The summed E-state index contributed by atoms with van der Waals surface area (Å²) in [4.78, 5) is 11.4. The average molecular weight is 311 g/mol. The van der Waals surface area contributed by atoms with E-state index in [0.717, 1.165) is 24.0 Å². The standard InChI is InChI=1S/C15H21NO4S/c1-15(2,3)16(14(17)18)21(19,20)10-12-9-8-11-6-4-5-7-13(11)12/h4-7,12H,8-10H2,1-3H3,(H,17,18). The van der Waals surface area contributed by atoms with Crippen molar-refractivity contribution < 1.29 is 18.3 Å². The van der Waals surface area contributed by atoms with Gasteiger partial charge >= 0.3 is 6.09 Å². The predicted octanol–water partition coefficient (Wildman–Crippen LogP) is 2.82. The van der Waals surface area contributed by atoms with Crippen LogP contribution in [0.4, 0.5) is 4.79 Å². The highest BCUT2D eigenvalue weighted by atomic mass is 32.2. The lowest BCUT2D eigenvalue weighted by atomic mass is 10.0. The summed E-state index contributed by atoms with van der Waals surface area (Å²) in [5.74, 6) is -0.288. The molecule has 0 radical (unpaired) electrons. The van der Waals surface area contributed by atoms with Crippen molar-refractivity contribution in [3.8, 4) is 0 Å². The molecule has 1 aliphatic carbocycles. The Balaban J connectivity index is 2.28. The van der Waals surface area contributed by atoms with Crippen molar-refractivity contribution in [2.24, 2.45) is 0 Å². The van der Waals surface area contributed by atoms with Crippen molar-refractivity contribution in [2.45, 2.75) is 45.1 Å². The van der Waals surface area contributed by atoms with E-state index in [2.05, 4.69) is 0 Å². The maximum Gasteiger partial charge on any atom is 0.421 e. The lowest BCUT2D eigenvalue weighted by Crippen LogP contribution is -2.50. The van der Waals surface area contributed by atoms with Crippen molar-refractivity contribution >= 4 is 16.1 Å². The van der Waals surface area contributed by atoms with Crippen molar-refractivity contribution in [3.63, 3.8) is 0 Å². The van der Waals surface area contributed by atoms with Crippen LogP contribution < -0.4 is 0 Å². The Kier molecular flexibility index (Phi) is 4.02. The Morgan fingerprint density at radius 2 is 1.95 bits per heavy atom. The van der Waals surface area contributed by atoms with Gasteiger partial charge in [0.1, 0.15) is 0 Å². The second kappa shape index (κ2) is 5.33. The highest BCUT2D eigenvalue weighted by Gasteiger charge is 2.39. The van der Waals surface area contributed by atoms with Gasteiger partial charge in [0.05, 0.1) is 11.3 Å². The van der Waals surface area contributed by atoms with Gasteiger partial charge in [-0.05, 0) is 44.7 Å². The molecule has 2 rings (SSSR count). The van der Waals surface area contributed by atoms with E-state index in [9.17, 15) is 18.3 Å². The van der Waals surface area contributed by atoms with E-state index in [4.69, 9.17) is 0 Å². The predicted molar refractivity (Wildman–Crippen MR) is 80.9 cm³/mol. The van der Waals surface area contributed by atoms with Crippen LogP contribution in [0.25, 0.3) is 0 Å². The molecule has 1 aliphatic rings. The smallest absolute Gasteiger partial charge is 0.421 e. The van der Waals surface area contributed by atoms with E-state index in [1.807, 2.05) is 24.3 Å². The zero-order chi connectivity index (χ0) is 15.8. The Morgan fingerprint density at radius 1 is 1.33 bits per heavy atom. The largest absolute Gasteiger partial charge is 0.464 e. The molecule has 0 aromatic heterocycles. The van der Waals surface area contributed by atoms with Gasteiger partial charge < -0.3 is 5.11 Å². The molecule has 21 heavy (non-hydrogen) atoms. The number of carbonyl (C=O) groups is 1. The highest BCUT2D eigenvalue weighted by Crippen LogP contribution is 2.35. The summed E-state index contributed by atoms with van der Waals surface area (Å²) in [6, 6.07) is 7.77. The minimum absolute atomic E-state index is 0.129. The number of sulfonamides is 1. The SMILES string of the molecule is CC(C)(C)N(C(=O)O)S(=O)(=O)CC1CCc2ccccc21. The lowest BCUT2D eigenvalue weighted by Gasteiger charge is -2.32. The normalized spacial score (nSPS) is 18.3. The number of hydrogen-bond donors (Lipinski definition) is 1. The number of nitrogens with zero attached hydrogens (tertiary/aromatic N) is 1. The van der Waals surface area contributed by atoms with Gasteiger partial charge in [0, 0.05) is 5.92 Å². The quantitative estimate of drug-likeness (QED) is 0.931. The summed E-state index contributed by atoms with van der Waals surface area (Å²) in [7, 11) is -3.87. The van der Waals surface area contributed by atoms with Gasteiger partial charge in [-0.25, -0.2) is 13.2 Å². The summed E-state index contributed by atoms with van der Waals surface area (Å²) in [6.45, 7) is 4.75. The number of carboxylic acid groups (broad SMARTS) is 1. The maximum atomic E-state index is 12.5. The molecule has 1 aromatic carbocycles. The summed E-state index contributed by atoms with van der Waals surface area (Å²) in [6.07, 6.45) is 0.170. The van der Waals surface area contributed by atoms with Crippen LogP contribution in [0.2, 0.25) is 0 Å². The zero-order valence-corrected chi connectivity index (χ0v) is 13.4. The minimum atomic E-state index is -3.87. The van der Waals surface area contributed by atoms with Crippen LogP contribution in [-0.2, 0) is 16.4 Å². The van der Waals surface area contributed by atoms with Crippen molar-refractivity contribution in [1.82, 2.24) is 4.31 Å². The summed E-state index contributed by atoms with van der Waals surface area (Å²) < 4.78 is 25.6. The van der Waals surface area contributed by atoms with Gasteiger partial charge in [-0.15, -0.1) is 0 Å². The molecule has 0 bridgehead atoms. The van der Waals surface area contributed by atoms with Gasteiger partial charge in [0.2, 0.25) is 10.0 Å². The third-order valence-electron chi connectivity index (χ3n) is 3.73. The molecule has 0 aliphatic heterocycles. The van der Waals surface area contributed by atoms with E-state index in [-0.39, 0.29) is 11.7 Å². The van der Waals surface area contributed by atoms with Crippen LogP contribution in [-0.4, -0.2) is 35.2 Å². The molecule has 116 valence electrons. The highest BCUT2D eigenvalue weighted by molar-refractivity contribution is 7.89. The molecule has 1 aromatic rings. The molecule has 0 fully saturated rings. The van der Waals surface area contributed by atoms with Gasteiger partial charge in [0.15, 0.2) is 0 Å². The second-order valence-corrected chi connectivity index (χ2v) is 8.29. The number of benzene rings is 1. The molecule has 0 saturated heterocycles. The van der Waals surface area contributed by atoms with E-state index in [0.29, 0.717) is 4.31 Å². The second-order valence-electron chi connectivity index (χ2n) is 6.43. The number of hydrogen-bond acceptors (Lipinski definition) is 3. The molecule has 0 spiro atoms. The Bertz CT molecular complexity index is 646. The topological polar surface area (TPSA) is 74.7 Å². The van der Waals surface area contributed by atoms with E-state index in [1.54, 1.807) is 20.8 Å². The van der Waals surface area contributed by atoms with Crippen molar-refractivity contribution in [1.29, 1.82) is 0 Å². The first-order valence-corrected chi connectivity index (χ1v) is 8.57. The molecule has 1 atom stereocenters. The van der Waals surface area contributed by atoms with Crippen LogP contribution in [0.3, 0.4) is 0 Å². The Morgan fingerprint density at radius 3 is 2.52 bits per heavy atom. The molecular formula is C15H21NO4S. The first kappa shape index (κ1) is 15.8. The summed E-state index contributed by atoms with van der Waals surface area (Å²) >= 11 is 0. The molecule has 5 nitrogen and oxygen atoms in total. The van der Waals surface area contributed by atoms with Gasteiger partial charge in [-0.1, -0.05) is 24.3 Å². The number of aryl methyl sites for hydroxylation is 1. The van der Waals surface area contributed by atoms with Gasteiger partial charge in [-0.3, -0.25) is 0 Å². The monoisotopic (exact) mass is 311 g/mol. The number of rotatable bonds is 3. The summed E-state index contributed by atoms with van der Waals surface area (Å²) in [5.41, 5.74) is 1.21. The van der Waals surface area contributed by atoms with Crippen LogP contribution in [0.1, 0.15) is 44.2 Å². The number of amides is 1. The molecule has 1 unspecified atom stereocenters. The fourth-order valence-corrected chi connectivity index (χ4v) is 5.05. The Hall–Kier alpha value is -1.56. The zero-order valence-electron chi connectivity index (χ0n) is 12.5. The fraction of sp³-hybridized carbons (Fsp3) is 0.533. The molecule has 0 heterocycles. The van der Waals surface area contributed by atoms with Crippen LogP contribution in [0.15, 0.2) is 24.3 Å². The van der Waals surface area contributed by atoms with E-state index >= 15 is 0 Å². The van der Waals surface area contributed by atoms with Crippen LogP contribution >= 0.6 is 0 Å². The minimum Gasteiger partial charge on any atom is -0.464 e. The summed E-state index contributed by atoms with van der Waals surface area (Å²) in [5, 5.41) is 9.26.